The highest BCUT2D eigenvalue weighted by atomic mass is 127. The molecule has 1 aromatic rings. The summed E-state index contributed by atoms with van der Waals surface area (Å²) in [6.07, 6.45) is 3.35. The highest BCUT2D eigenvalue weighted by molar-refractivity contribution is 14.0. The van der Waals surface area contributed by atoms with Crippen LogP contribution in [-0.4, -0.2) is 25.3 Å². The Labute approximate surface area is 137 Å². The van der Waals surface area contributed by atoms with Gasteiger partial charge >= 0.3 is 0 Å². The molecule has 1 fully saturated rings. The van der Waals surface area contributed by atoms with Gasteiger partial charge in [-0.1, -0.05) is 19.1 Å². The molecule has 0 radical (unpaired) electrons. The monoisotopic (exact) mass is 391 g/mol. The van der Waals surface area contributed by atoms with E-state index in [0.29, 0.717) is 6.04 Å². The minimum absolute atomic E-state index is 0. The van der Waals surface area contributed by atoms with Crippen LogP contribution < -0.4 is 10.6 Å². The van der Waals surface area contributed by atoms with Gasteiger partial charge in [0.1, 0.15) is 0 Å². The first-order valence-corrected chi connectivity index (χ1v) is 7.55. The van der Waals surface area contributed by atoms with Crippen molar-refractivity contribution in [3.05, 3.63) is 29.8 Å². The van der Waals surface area contributed by atoms with Crippen LogP contribution in [0, 0.1) is 5.92 Å². The summed E-state index contributed by atoms with van der Waals surface area (Å²) in [6, 6.07) is 9.23. The first kappa shape index (κ1) is 16.6. The smallest absolute Gasteiger partial charge is 0.191 e. The number of thioether (sulfide) groups is 1. The van der Waals surface area contributed by atoms with Crippen molar-refractivity contribution in [2.75, 3.05) is 13.3 Å². The van der Waals surface area contributed by atoms with Crippen molar-refractivity contribution in [2.24, 2.45) is 10.9 Å². The van der Waals surface area contributed by atoms with Gasteiger partial charge in [0.25, 0.3) is 0 Å². The third-order valence-electron chi connectivity index (χ3n) is 3.27. The van der Waals surface area contributed by atoms with E-state index in [0.717, 1.165) is 18.4 Å². The van der Waals surface area contributed by atoms with Crippen LogP contribution in [0.2, 0.25) is 0 Å². The fourth-order valence-corrected chi connectivity index (χ4v) is 2.23. The van der Waals surface area contributed by atoms with Crippen LogP contribution in [0.25, 0.3) is 0 Å². The molecule has 1 aliphatic rings. The van der Waals surface area contributed by atoms with Gasteiger partial charge in [-0.25, -0.2) is 0 Å². The second kappa shape index (κ2) is 7.99. The quantitative estimate of drug-likeness (QED) is 0.359. The van der Waals surface area contributed by atoms with E-state index in [2.05, 4.69) is 53.1 Å². The van der Waals surface area contributed by atoms with Crippen molar-refractivity contribution < 1.29 is 0 Å². The molecule has 0 heterocycles. The van der Waals surface area contributed by atoms with Crippen molar-refractivity contribution in [1.82, 2.24) is 10.6 Å². The summed E-state index contributed by atoms with van der Waals surface area (Å²) >= 11 is 1.77. The number of hydrogen-bond donors (Lipinski definition) is 2. The number of benzene rings is 1. The number of hydrogen-bond acceptors (Lipinski definition) is 2. The van der Waals surface area contributed by atoms with E-state index in [1.54, 1.807) is 11.8 Å². The van der Waals surface area contributed by atoms with Gasteiger partial charge in [-0.3, -0.25) is 4.99 Å². The maximum Gasteiger partial charge on any atom is 0.191 e. The molecule has 0 aromatic heterocycles. The Kier molecular flexibility index (Phi) is 6.99. The van der Waals surface area contributed by atoms with Crippen LogP contribution in [-0.2, 0) is 6.54 Å². The molecule has 106 valence electrons. The lowest BCUT2D eigenvalue weighted by Crippen LogP contribution is -2.38. The predicted molar refractivity (Wildman–Crippen MR) is 94.5 cm³/mol. The van der Waals surface area contributed by atoms with Crippen molar-refractivity contribution in [3.8, 4) is 0 Å². The number of nitrogens with one attached hydrogen (secondary N) is 2. The van der Waals surface area contributed by atoms with Gasteiger partial charge in [-0.2, -0.15) is 0 Å². The first-order valence-electron chi connectivity index (χ1n) is 6.33. The molecule has 0 bridgehead atoms. The minimum atomic E-state index is 0. The van der Waals surface area contributed by atoms with Crippen molar-refractivity contribution in [2.45, 2.75) is 30.8 Å². The number of nitrogens with zero attached hydrogens (tertiary/aromatic N) is 1. The fraction of sp³-hybridized carbons (Fsp3) is 0.500. The van der Waals surface area contributed by atoms with Crippen LogP contribution in [0.4, 0.5) is 0 Å². The molecule has 5 heteroatoms. The Morgan fingerprint density at radius 3 is 2.47 bits per heavy atom. The Morgan fingerprint density at radius 1 is 1.37 bits per heavy atom. The molecule has 3 nitrogen and oxygen atoms in total. The zero-order valence-electron chi connectivity index (χ0n) is 11.6. The van der Waals surface area contributed by atoms with E-state index in [4.69, 9.17) is 0 Å². The standard InChI is InChI=1S/C14H21N3S.HI/c1-10-8-13(10)17-14(15-2)16-9-11-4-6-12(18-3)7-5-11;/h4-7,10,13H,8-9H2,1-3H3,(H2,15,16,17);1H. The highest BCUT2D eigenvalue weighted by Crippen LogP contribution is 2.28. The molecule has 2 rings (SSSR count). The van der Waals surface area contributed by atoms with Gasteiger partial charge in [-0.05, 0) is 36.3 Å². The Morgan fingerprint density at radius 2 is 2.00 bits per heavy atom. The molecular weight excluding hydrogens is 369 g/mol. The van der Waals surface area contributed by atoms with Gasteiger partial charge in [0.2, 0.25) is 0 Å². The second-order valence-electron chi connectivity index (χ2n) is 4.74. The second-order valence-corrected chi connectivity index (χ2v) is 5.62. The Bertz CT molecular complexity index is 419. The SMILES string of the molecule is CN=C(NCc1ccc(SC)cc1)NC1CC1C.I. The van der Waals surface area contributed by atoms with Gasteiger partial charge in [0.05, 0.1) is 0 Å². The molecule has 2 atom stereocenters. The number of halogens is 1. The number of guanidine groups is 1. The van der Waals surface area contributed by atoms with Gasteiger partial charge < -0.3 is 10.6 Å². The van der Waals surface area contributed by atoms with Crippen LogP contribution in [0.5, 0.6) is 0 Å². The van der Waals surface area contributed by atoms with E-state index >= 15 is 0 Å². The van der Waals surface area contributed by atoms with Crippen molar-refractivity contribution in [1.29, 1.82) is 0 Å². The summed E-state index contributed by atoms with van der Waals surface area (Å²) in [6.45, 7) is 3.07. The lowest BCUT2D eigenvalue weighted by molar-refractivity contribution is 0.763. The maximum atomic E-state index is 4.24. The molecular formula is C14H22IN3S. The van der Waals surface area contributed by atoms with Crippen molar-refractivity contribution >= 4 is 41.7 Å². The summed E-state index contributed by atoms with van der Waals surface area (Å²) in [5.74, 6) is 1.68. The molecule has 0 amide bonds. The largest absolute Gasteiger partial charge is 0.353 e. The first-order chi connectivity index (χ1) is 8.72. The molecule has 1 aliphatic carbocycles. The molecule has 1 aromatic carbocycles. The third kappa shape index (κ3) is 5.22. The Hall–Kier alpha value is -0.430. The van der Waals surface area contributed by atoms with Crippen LogP contribution >= 0.6 is 35.7 Å². The van der Waals surface area contributed by atoms with Crippen LogP contribution in [0.3, 0.4) is 0 Å². The van der Waals surface area contributed by atoms with E-state index in [9.17, 15) is 0 Å². The van der Waals surface area contributed by atoms with E-state index in [1.807, 2.05) is 7.05 Å². The number of aliphatic imine (C=N–C) groups is 1. The molecule has 19 heavy (non-hydrogen) atoms. The normalized spacial score (nSPS) is 21.5. The van der Waals surface area contributed by atoms with Crippen LogP contribution in [0.1, 0.15) is 18.9 Å². The molecule has 2 N–H and O–H groups in total. The average molecular weight is 391 g/mol. The van der Waals surface area contributed by atoms with Gasteiger partial charge in [0.15, 0.2) is 5.96 Å². The summed E-state index contributed by atoms with van der Waals surface area (Å²) in [5, 5.41) is 6.77. The predicted octanol–water partition coefficient (Wildman–Crippen LogP) is 3.10. The van der Waals surface area contributed by atoms with E-state index < -0.39 is 0 Å². The third-order valence-corrected chi connectivity index (χ3v) is 4.02. The highest BCUT2D eigenvalue weighted by Gasteiger charge is 2.33. The maximum absolute atomic E-state index is 4.24. The lowest BCUT2D eigenvalue weighted by atomic mass is 10.2. The van der Waals surface area contributed by atoms with E-state index in [-0.39, 0.29) is 24.0 Å². The molecule has 1 saturated carbocycles. The summed E-state index contributed by atoms with van der Waals surface area (Å²) in [7, 11) is 1.82. The van der Waals surface area contributed by atoms with Gasteiger partial charge in [0, 0.05) is 24.5 Å². The molecule has 0 aliphatic heterocycles. The van der Waals surface area contributed by atoms with Crippen LogP contribution in [0.15, 0.2) is 34.2 Å². The minimum Gasteiger partial charge on any atom is -0.353 e. The lowest BCUT2D eigenvalue weighted by Gasteiger charge is -2.11. The number of rotatable bonds is 4. The molecule has 0 spiro atoms. The molecule has 0 saturated heterocycles. The average Bonchev–Trinajstić information content (AvgIpc) is 3.10. The summed E-state index contributed by atoms with van der Waals surface area (Å²) in [4.78, 5) is 5.54. The molecule has 2 unspecified atom stereocenters. The fourth-order valence-electron chi connectivity index (χ4n) is 1.82. The van der Waals surface area contributed by atoms with E-state index in [1.165, 1.54) is 16.9 Å². The zero-order chi connectivity index (χ0) is 13.0. The summed E-state index contributed by atoms with van der Waals surface area (Å²) in [5.41, 5.74) is 1.28. The topological polar surface area (TPSA) is 36.4 Å². The zero-order valence-corrected chi connectivity index (χ0v) is 14.8. The van der Waals surface area contributed by atoms with Crippen molar-refractivity contribution in [3.63, 3.8) is 0 Å². The summed E-state index contributed by atoms with van der Waals surface area (Å²) < 4.78 is 0. The Balaban J connectivity index is 0.00000180. The van der Waals surface area contributed by atoms with Gasteiger partial charge in [-0.15, -0.1) is 35.7 Å².